The summed E-state index contributed by atoms with van der Waals surface area (Å²) < 4.78 is 30.3. The van der Waals surface area contributed by atoms with E-state index in [1.165, 1.54) is 0 Å². The van der Waals surface area contributed by atoms with Gasteiger partial charge in [0.05, 0.1) is 0 Å². The Morgan fingerprint density at radius 1 is 1.46 bits per heavy atom. The van der Waals surface area contributed by atoms with Gasteiger partial charge >= 0.3 is 5.97 Å². The molecule has 0 aliphatic heterocycles. The normalized spacial score (nSPS) is 22.7. The van der Waals surface area contributed by atoms with E-state index in [9.17, 15) is 13.6 Å². The van der Waals surface area contributed by atoms with E-state index in [4.69, 9.17) is 4.74 Å². The van der Waals surface area contributed by atoms with E-state index < -0.39 is 5.92 Å². The van der Waals surface area contributed by atoms with Gasteiger partial charge in [-0.05, 0) is 12.8 Å². The minimum atomic E-state index is -2.55. The Morgan fingerprint density at radius 3 is 2.46 bits per heavy atom. The lowest BCUT2D eigenvalue weighted by Crippen LogP contribution is -2.30. The molecule has 2 nitrogen and oxygen atoms in total. The molecule has 0 N–H and O–H groups in total. The first-order chi connectivity index (χ1) is 6.03. The van der Waals surface area contributed by atoms with Crippen molar-refractivity contribution in [3.8, 4) is 0 Å². The molecule has 1 aliphatic carbocycles. The highest BCUT2D eigenvalue weighted by Crippen LogP contribution is 2.34. The van der Waals surface area contributed by atoms with Gasteiger partial charge in [-0.3, -0.25) is 4.79 Å². The van der Waals surface area contributed by atoms with Gasteiger partial charge in [0, 0.05) is 19.3 Å². The quantitative estimate of drug-likeness (QED) is 0.628. The lowest BCUT2D eigenvalue weighted by molar-refractivity contribution is -0.154. The second kappa shape index (κ2) is 4.03. The molecule has 1 rings (SSSR count). The zero-order chi connectivity index (χ0) is 9.90. The van der Waals surface area contributed by atoms with Crippen molar-refractivity contribution in [1.29, 1.82) is 0 Å². The lowest BCUT2D eigenvalue weighted by Gasteiger charge is -2.27. The Hall–Kier alpha value is -0.670. The van der Waals surface area contributed by atoms with Crippen LogP contribution in [0.4, 0.5) is 8.78 Å². The van der Waals surface area contributed by atoms with Gasteiger partial charge in [0.1, 0.15) is 6.10 Å². The van der Waals surface area contributed by atoms with E-state index in [1.54, 1.807) is 6.92 Å². The Bertz CT molecular complexity index is 182. The average Bonchev–Trinajstić information content (AvgIpc) is 2.08. The zero-order valence-corrected chi connectivity index (χ0v) is 7.69. The molecule has 0 aromatic rings. The maximum Gasteiger partial charge on any atom is 0.305 e. The van der Waals surface area contributed by atoms with Crippen LogP contribution in [0.5, 0.6) is 0 Å². The van der Waals surface area contributed by atoms with Crippen molar-refractivity contribution in [3.05, 3.63) is 0 Å². The van der Waals surface area contributed by atoms with Crippen LogP contribution in [-0.2, 0) is 9.53 Å². The standard InChI is InChI=1S/C9H14F2O2/c1-2-8(12)13-7-3-5-9(10,11)6-4-7/h7H,2-6H2,1H3. The molecule has 0 heterocycles. The third kappa shape index (κ3) is 3.28. The van der Waals surface area contributed by atoms with Crippen LogP contribution in [-0.4, -0.2) is 18.0 Å². The van der Waals surface area contributed by atoms with Crippen LogP contribution >= 0.6 is 0 Å². The molecule has 0 radical (unpaired) electrons. The smallest absolute Gasteiger partial charge is 0.305 e. The Labute approximate surface area is 76.3 Å². The predicted octanol–water partition coefficient (Wildman–Crippen LogP) is 2.52. The van der Waals surface area contributed by atoms with Crippen molar-refractivity contribution < 1.29 is 18.3 Å². The molecule has 0 amide bonds. The van der Waals surface area contributed by atoms with E-state index in [1.807, 2.05) is 0 Å². The minimum absolute atomic E-state index is 0.158. The monoisotopic (exact) mass is 192 g/mol. The summed E-state index contributed by atoms with van der Waals surface area (Å²) in [6.45, 7) is 1.69. The van der Waals surface area contributed by atoms with Gasteiger partial charge in [-0.2, -0.15) is 0 Å². The fourth-order valence-electron chi connectivity index (χ4n) is 1.40. The van der Waals surface area contributed by atoms with E-state index >= 15 is 0 Å². The van der Waals surface area contributed by atoms with Crippen molar-refractivity contribution in [2.75, 3.05) is 0 Å². The molecule has 0 aromatic heterocycles. The van der Waals surface area contributed by atoms with Gasteiger partial charge < -0.3 is 4.74 Å². The highest BCUT2D eigenvalue weighted by atomic mass is 19.3. The second-order valence-electron chi connectivity index (χ2n) is 3.40. The summed E-state index contributed by atoms with van der Waals surface area (Å²) >= 11 is 0. The van der Waals surface area contributed by atoms with Crippen molar-refractivity contribution in [3.63, 3.8) is 0 Å². The van der Waals surface area contributed by atoms with Crippen LogP contribution in [0.25, 0.3) is 0 Å². The number of hydrogen-bond donors (Lipinski definition) is 0. The fourth-order valence-corrected chi connectivity index (χ4v) is 1.40. The fraction of sp³-hybridized carbons (Fsp3) is 0.889. The molecule has 1 fully saturated rings. The van der Waals surface area contributed by atoms with Crippen LogP contribution in [0.1, 0.15) is 39.0 Å². The molecule has 0 unspecified atom stereocenters. The molecule has 0 spiro atoms. The highest BCUT2D eigenvalue weighted by Gasteiger charge is 2.36. The number of carbonyl (C=O) groups excluding carboxylic acids is 1. The summed E-state index contributed by atoms with van der Waals surface area (Å²) in [5.41, 5.74) is 0. The number of alkyl halides is 2. The molecule has 4 heteroatoms. The highest BCUT2D eigenvalue weighted by molar-refractivity contribution is 5.69. The van der Waals surface area contributed by atoms with E-state index in [2.05, 4.69) is 0 Å². The molecule has 0 saturated heterocycles. The topological polar surface area (TPSA) is 26.3 Å². The first-order valence-electron chi connectivity index (χ1n) is 4.61. The number of hydrogen-bond acceptors (Lipinski definition) is 2. The molecule has 13 heavy (non-hydrogen) atoms. The predicted molar refractivity (Wildman–Crippen MR) is 43.6 cm³/mol. The number of carbonyl (C=O) groups is 1. The SMILES string of the molecule is CCC(=O)OC1CCC(F)(F)CC1. The summed E-state index contributed by atoms with van der Waals surface area (Å²) in [5.74, 6) is -2.84. The number of halogens is 2. The number of ether oxygens (including phenoxy) is 1. The zero-order valence-electron chi connectivity index (χ0n) is 7.69. The Balaban J connectivity index is 2.29. The first-order valence-corrected chi connectivity index (χ1v) is 4.61. The molecule has 0 bridgehead atoms. The van der Waals surface area contributed by atoms with Gasteiger partial charge in [0.25, 0.3) is 0 Å². The van der Waals surface area contributed by atoms with Crippen molar-refractivity contribution in [1.82, 2.24) is 0 Å². The third-order valence-electron chi connectivity index (χ3n) is 2.25. The second-order valence-corrected chi connectivity index (χ2v) is 3.40. The summed E-state index contributed by atoms with van der Waals surface area (Å²) in [4.78, 5) is 10.8. The summed E-state index contributed by atoms with van der Waals surface area (Å²) in [7, 11) is 0. The third-order valence-corrected chi connectivity index (χ3v) is 2.25. The van der Waals surface area contributed by atoms with E-state index in [-0.39, 0.29) is 24.9 Å². The first kappa shape index (κ1) is 10.4. The van der Waals surface area contributed by atoms with Crippen LogP contribution in [0.2, 0.25) is 0 Å². The van der Waals surface area contributed by atoms with Gasteiger partial charge in [-0.1, -0.05) is 6.92 Å². The average molecular weight is 192 g/mol. The minimum Gasteiger partial charge on any atom is -0.462 e. The van der Waals surface area contributed by atoms with Crippen molar-refractivity contribution in [2.45, 2.75) is 51.1 Å². The Kier molecular flexibility index (Phi) is 3.22. The summed E-state index contributed by atoms with van der Waals surface area (Å²) in [6.07, 6.45) is 0.292. The number of esters is 1. The maximum absolute atomic E-state index is 12.7. The Morgan fingerprint density at radius 2 is 2.00 bits per heavy atom. The van der Waals surface area contributed by atoms with Gasteiger partial charge in [-0.15, -0.1) is 0 Å². The summed E-state index contributed by atoms with van der Waals surface area (Å²) in [5, 5.41) is 0. The molecular formula is C9H14F2O2. The van der Waals surface area contributed by atoms with Gasteiger partial charge in [0.2, 0.25) is 5.92 Å². The van der Waals surface area contributed by atoms with Crippen LogP contribution in [0.3, 0.4) is 0 Å². The molecule has 1 saturated carbocycles. The number of rotatable bonds is 2. The van der Waals surface area contributed by atoms with Crippen LogP contribution in [0.15, 0.2) is 0 Å². The lowest BCUT2D eigenvalue weighted by atomic mass is 9.94. The maximum atomic E-state index is 12.7. The molecule has 0 atom stereocenters. The van der Waals surface area contributed by atoms with E-state index in [0.29, 0.717) is 19.3 Å². The van der Waals surface area contributed by atoms with Gasteiger partial charge in [0.15, 0.2) is 0 Å². The van der Waals surface area contributed by atoms with Gasteiger partial charge in [-0.25, -0.2) is 8.78 Å². The van der Waals surface area contributed by atoms with E-state index in [0.717, 1.165) is 0 Å². The van der Waals surface area contributed by atoms with Crippen LogP contribution in [0, 0.1) is 0 Å². The molecular weight excluding hydrogens is 178 g/mol. The molecule has 1 aliphatic rings. The molecule has 0 aromatic carbocycles. The van der Waals surface area contributed by atoms with Crippen LogP contribution < -0.4 is 0 Å². The molecule has 76 valence electrons. The summed E-state index contributed by atoms with van der Waals surface area (Å²) in [6, 6.07) is 0. The van der Waals surface area contributed by atoms with Crippen molar-refractivity contribution in [2.24, 2.45) is 0 Å². The largest absolute Gasteiger partial charge is 0.462 e. The van der Waals surface area contributed by atoms with Crippen molar-refractivity contribution >= 4 is 5.97 Å².